The minimum atomic E-state index is -2.13. The Morgan fingerprint density at radius 1 is 0.545 bits per heavy atom. The van der Waals surface area contributed by atoms with Gasteiger partial charge in [-0.25, -0.2) is 0 Å². The Bertz CT molecular complexity index is 1550. The van der Waals surface area contributed by atoms with Gasteiger partial charge in [0.1, 0.15) is 0 Å². The van der Waals surface area contributed by atoms with Crippen molar-refractivity contribution in [2.45, 2.75) is 86.6 Å². The van der Waals surface area contributed by atoms with Gasteiger partial charge >= 0.3 is 277 Å². The first kappa shape index (κ1) is 31.4. The van der Waals surface area contributed by atoms with Gasteiger partial charge in [-0.2, -0.15) is 0 Å². The topological polar surface area (TPSA) is 0 Å². The van der Waals surface area contributed by atoms with Gasteiger partial charge in [0.15, 0.2) is 0 Å². The first-order valence-electron chi connectivity index (χ1n) is 17.2. The van der Waals surface area contributed by atoms with Crippen LogP contribution in [0.2, 0.25) is 13.1 Å². The quantitative estimate of drug-likeness (QED) is 0.139. The van der Waals surface area contributed by atoms with E-state index in [1.54, 1.807) is 22.3 Å². The van der Waals surface area contributed by atoms with Crippen molar-refractivity contribution in [3.05, 3.63) is 129 Å². The summed E-state index contributed by atoms with van der Waals surface area (Å²) in [6.45, 7) is 14.7. The maximum atomic E-state index is 2.71. The van der Waals surface area contributed by atoms with Gasteiger partial charge in [0.25, 0.3) is 0 Å². The fraction of sp³-hybridized carbons (Fsp3) is 0.333. The van der Waals surface area contributed by atoms with Crippen LogP contribution in [-0.2, 0) is 33.8 Å². The van der Waals surface area contributed by atoms with E-state index in [0.717, 1.165) is 12.8 Å². The van der Waals surface area contributed by atoms with Crippen LogP contribution >= 0.6 is 0 Å². The first-order chi connectivity index (χ1) is 21.5. The summed E-state index contributed by atoms with van der Waals surface area (Å²) < 4.78 is 1.38. The van der Waals surface area contributed by atoms with Crippen molar-refractivity contribution in [2.24, 2.45) is 0 Å². The SMILES string of the molecule is CCCC1=Cc2c(-c3ccc(CC)cc3)cccc2[CH]1[Zr]([CH]1C(CCC)=Cc2c(-c3ccc(CC)cc3)cccc21)[SiH](C)C. The zero-order valence-corrected chi connectivity index (χ0v) is 31.3. The predicted molar refractivity (Wildman–Crippen MR) is 193 cm³/mol. The Morgan fingerprint density at radius 2 is 0.955 bits per heavy atom. The van der Waals surface area contributed by atoms with E-state index >= 15 is 0 Å². The second-order valence-corrected chi connectivity index (χ2v) is 33.2. The Hall–Kier alpha value is -2.54. The molecule has 225 valence electrons. The summed E-state index contributed by atoms with van der Waals surface area (Å²) in [5.41, 5.74) is 18.3. The van der Waals surface area contributed by atoms with Gasteiger partial charge in [-0.3, -0.25) is 0 Å². The molecule has 0 saturated heterocycles. The molecule has 0 spiro atoms. The van der Waals surface area contributed by atoms with Gasteiger partial charge in [0, 0.05) is 0 Å². The van der Waals surface area contributed by atoms with Crippen molar-refractivity contribution in [3.8, 4) is 22.3 Å². The van der Waals surface area contributed by atoms with E-state index in [1.165, 1.54) is 70.2 Å². The van der Waals surface area contributed by atoms with Crippen molar-refractivity contribution in [1.29, 1.82) is 0 Å². The third-order valence-corrected chi connectivity index (χ3v) is 31.8. The molecule has 0 bridgehead atoms. The van der Waals surface area contributed by atoms with Crippen LogP contribution in [0.1, 0.15) is 94.0 Å². The number of allylic oxidation sites excluding steroid dienone is 2. The Labute approximate surface area is 275 Å². The van der Waals surface area contributed by atoms with Crippen LogP contribution in [0.15, 0.2) is 96.1 Å². The maximum absolute atomic E-state index is 2.71. The molecule has 0 N–H and O–H groups in total. The number of aryl methyl sites for hydroxylation is 2. The molecule has 0 nitrogen and oxygen atoms in total. The van der Waals surface area contributed by atoms with Gasteiger partial charge in [-0.1, -0.05) is 0 Å². The van der Waals surface area contributed by atoms with Gasteiger partial charge in [0.2, 0.25) is 0 Å². The second kappa shape index (κ2) is 13.8. The summed E-state index contributed by atoms with van der Waals surface area (Å²) in [5, 5.41) is 0. The fourth-order valence-electron chi connectivity index (χ4n) is 7.90. The van der Waals surface area contributed by atoms with Crippen LogP contribution in [0.3, 0.4) is 0 Å². The monoisotopic (exact) mass is 671 g/mol. The molecule has 6 rings (SSSR count). The molecule has 4 aromatic carbocycles. The van der Waals surface area contributed by atoms with Gasteiger partial charge in [-0.15, -0.1) is 0 Å². The standard InChI is InChI=1S/2C20H21.C2H7Si.Zr/c2*1-3-6-16-13-18-7-5-8-19(20(18)14-16)17-11-9-15(4-2)10-12-17;1-3-2;/h2*5,7-14H,3-4,6H2,1-2H3;3H,1-2H3;. The van der Waals surface area contributed by atoms with Crippen LogP contribution < -0.4 is 0 Å². The molecule has 0 heterocycles. The first-order valence-corrected chi connectivity index (χ1v) is 27.2. The molecule has 2 heteroatoms. The number of hydrogen-bond acceptors (Lipinski definition) is 0. The number of hydrogen-bond donors (Lipinski definition) is 0. The molecule has 44 heavy (non-hydrogen) atoms. The van der Waals surface area contributed by atoms with E-state index in [9.17, 15) is 0 Å². The predicted octanol–water partition coefficient (Wildman–Crippen LogP) is 11.9. The average Bonchev–Trinajstić information content (AvgIpc) is 3.60. The molecule has 0 fully saturated rings. The van der Waals surface area contributed by atoms with Crippen LogP contribution in [0, 0.1) is 0 Å². The van der Waals surface area contributed by atoms with Crippen molar-refractivity contribution in [3.63, 3.8) is 0 Å². The van der Waals surface area contributed by atoms with Crippen LogP contribution in [-0.4, -0.2) is 5.92 Å². The minimum absolute atomic E-state index is 0.692. The Balaban J connectivity index is 1.48. The van der Waals surface area contributed by atoms with Gasteiger partial charge < -0.3 is 0 Å². The van der Waals surface area contributed by atoms with Crippen molar-refractivity contribution in [2.75, 3.05) is 0 Å². The third kappa shape index (κ3) is 5.90. The van der Waals surface area contributed by atoms with Crippen LogP contribution in [0.5, 0.6) is 0 Å². The van der Waals surface area contributed by atoms with Crippen LogP contribution in [0.4, 0.5) is 0 Å². The number of benzene rings is 4. The number of fused-ring (bicyclic) bond motifs is 2. The molecule has 0 radical (unpaired) electrons. The summed E-state index contributed by atoms with van der Waals surface area (Å²) in [7, 11) is 0. The molecule has 2 aliphatic rings. The van der Waals surface area contributed by atoms with Gasteiger partial charge in [0.05, 0.1) is 0 Å². The summed E-state index contributed by atoms with van der Waals surface area (Å²) in [4.78, 5) is 0. The normalized spacial score (nSPS) is 17.0. The molecule has 2 unspecified atom stereocenters. The van der Waals surface area contributed by atoms with Crippen molar-refractivity contribution < 1.29 is 20.9 Å². The van der Waals surface area contributed by atoms with E-state index in [1.807, 2.05) is 0 Å². The molecule has 0 saturated carbocycles. The third-order valence-electron chi connectivity index (χ3n) is 10.1. The average molecular weight is 673 g/mol. The van der Waals surface area contributed by atoms with E-state index in [2.05, 4.69) is 138 Å². The fourth-order valence-corrected chi connectivity index (χ4v) is 30.8. The molecule has 0 aliphatic heterocycles. The zero-order valence-electron chi connectivity index (χ0n) is 27.7. The number of rotatable bonds is 11. The van der Waals surface area contributed by atoms with Crippen molar-refractivity contribution >= 4 is 18.1 Å². The molecule has 2 atom stereocenters. The van der Waals surface area contributed by atoms with E-state index in [4.69, 9.17) is 0 Å². The van der Waals surface area contributed by atoms with E-state index in [-0.39, 0.29) is 0 Å². The van der Waals surface area contributed by atoms with E-state index in [0.29, 0.717) is 7.25 Å². The molecule has 4 aromatic rings. The summed E-state index contributed by atoms with van der Waals surface area (Å²) >= 11 is -2.13. The summed E-state index contributed by atoms with van der Waals surface area (Å²) in [6.07, 6.45) is 12.4. The Morgan fingerprint density at radius 3 is 1.30 bits per heavy atom. The molecule has 2 aliphatic carbocycles. The van der Waals surface area contributed by atoms with Gasteiger partial charge in [-0.05, 0) is 0 Å². The van der Waals surface area contributed by atoms with Crippen LogP contribution in [0.25, 0.3) is 34.4 Å². The molecule has 0 amide bonds. The van der Waals surface area contributed by atoms with Crippen molar-refractivity contribution in [1.82, 2.24) is 0 Å². The molecular weight excluding hydrogens is 624 g/mol. The zero-order chi connectivity index (χ0) is 30.8. The summed E-state index contributed by atoms with van der Waals surface area (Å²) in [5.74, 6) is -0.923. The second-order valence-electron chi connectivity index (χ2n) is 13.2. The molecular formula is C42H49SiZr. The Kier molecular flexibility index (Phi) is 9.89. The van der Waals surface area contributed by atoms with E-state index < -0.39 is 26.8 Å². The summed E-state index contributed by atoms with van der Waals surface area (Å²) in [6, 6.07) is 33.2. The molecule has 0 aromatic heterocycles.